The number of nitrogens with one attached hydrogen (secondary N) is 1. The molecule has 0 spiro atoms. The lowest BCUT2D eigenvalue weighted by molar-refractivity contribution is -0.140. The summed E-state index contributed by atoms with van der Waals surface area (Å²) in [4.78, 5) is 38.9. The fraction of sp³-hybridized carbons (Fsp3) is 0.786. The van der Waals surface area contributed by atoms with E-state index in [0.717, 1.165) is 0 Å². The molecule has 0 aromatic heterocycles. The maximum atomic E-state index is 12.3. The second-order valence-electron chi connectivity index (χ2n) is 5.56. The number of carbonyl (C=O) groups excluding carboxylic acids is 3. The Labute approximate surface area is 124 Å². The van der Waals surface area contributed by atoms with Crippen LogP contribution in [0.1, 0.15) is 13.3 Å². The average molecular weight is 297 g/mol. The molecule has 0 radical (unpaired) electrons. The van der Waals surface area contributed by atoms with Crippen molar-refractivity contribution < 1.29 is 19.1 Å². The van der Waals surface area contributed by atoms with Crippen molar-refractivity contribution in [3.05, 3.63) is 0 Å². The Bertz CT molecular complexity index is 418. The van der Waals surface area contributed by atoms with Crippen molar-refractivity contribution in [2.45, 2.75) is 13.3 Å². The van der Waals surface area contributed by atoms with Crippen LogP contribution in [-0.4, -0.2) is 74.0 Å². The topological polar surface area (TPSA) is 79.0 Å². The molecule has 118 valence electrons. The highest BCUT2D eigenvalue weighted by Gasteiger charge is 2.49. The summed E-state index contributed by atoms with van der Waals surface area (Å²) in [5, 5.41) is 2.77. The highest BCUT2D eigenvalue weighted by molar-refractivity contribution is 5.92. The number of hydrogen-bond acceptors (Lipinski definition) is 4. The van der Waals surface area contributed by atoms with Gasteiger partial charge in [0.1, 0.15) is 0 Å². The Kier molecular flexibility index (Phi) is 5.17. The van der Waals surface area contributed by atoms with Crippen LogP contribution in [0, 0.1) is 11.8 Å². The largest absolute Gasteiger partial charge is 0.383 e. The molecule has 21 heavy (non-hydrogen) atoms. The van der Waals surface area contributed by atoms with Crippen molar-refractivity contribution in [2.75, 3.05) is 46.4 Å². The van der Waals surface area contributed by atoms with Gasteiger partial charge < -0.3 is 19.9 Å². The third-order valence-electron chi connectivity index (χ3n) is 4.09. The fourth-order valence-corrected chi connectivity index (χ4v) is 2.64. The van der Waals surface area contributed by atoms with Crippen LogP contribution >= 0.6 is 0 Å². The fourth-order valence-electron chi connectivity index (χ4n) is 2.64. The van der Waals surface area contributed by atoms with Gasteiger partial charge in [-0.15, -0.1) is 0 Å². The molecule has 2 aliphatic rings. The van der Waals surface area contributed by atoms with E-state index in [2.05, 4.69) is 5.32 Å². The van der Waals surface area contributed by atoms with Crippen LogP contribution in [0.25, 0.3) is 0 Å². The van der Waals surface area contributed by atoms with Gasteiger partial charge in [0, 0.05) is 46.8 Å². The Morgan fingerprint density at radius 2 is 1.71 bits per heavy atom. The van der Waals surface area contributed by atoms with Gasteiger partial charge in [0.05, 0.1) is 18.4 Å². The van der Waals surface area contributed by atoms with Gasteiger partial charge in [-0.3, -0.25) is 14.4 Å². The smallest absolute Gasteiger partial charge is 0.226 e. The van der Waals surface area contributed by atoms with E-state index in [0.29, 0.717) is 45.8 Å². The highest BCUT2D eigenvalue weighted by atomic mass is 16.5. The zero-order chi connectivity index (χ0) is 15.4. The van der Waals surface area contributed by atoms with Crippen molar-refractivity contribution in [2.24, 2.45) is 11.8 Å². The number of nitrogens with zero attached hydrogens (tertiary/aromatic N) is 2. The van der Waals surface area contributed by atoms with Gasteiger partial charge in [-0.25, -0.2) is 0 Å². The molecule has 3 amide bonds. The maximum absolute atomic E-state index is 12.3. The molecule has 1 saturated heterocycles. The monoisotopic (exact) mass is 297 g/mol. The molecule has 2 unspecified atom stereocenters. The molecule has 0 aromatic carbocycles. The third kappa shape index (κ3) is 3.93. The zero-order valence-corrected chi connectivity index (χ0v) is 12.6. The van der Waals surface area contributed by atoms with E-state index in [1.807, 2.05) is 0 Å². The SMILES string of the molecule is COCCNC(=O)C1CC1C(=O)N1CCN(C(C)=O)CC1. The van der Waals surface area contributed by atoms with Gasteiger partial charge in [0.15, 0.2) is 0 Å². The van der Waals surface area contributed by atoms with Gasteiger partial charge in [-0.1, -0.05) is 0 Å². The number of rotatable bonds is 5. The van der Waals surface area contributed by atoms with E-state index in [1.165, 1.54) is 0 Å². The summed E-state index contributed by atoms with van der Waals surface area (Å²) in [6, 6.07) is 0. The molecule has 1 N–H and O–H groups in total. The Hall–Kier alpha value is -1.63. The Balaban J connectivity index is 1.73. The molecular weight excluding hydrogens is 274 g/mol. The van der Waals surface area contributed by atoms with Crippen molar-refractivity contribution in [1.82, 2.24) is 15.1 Å². The summed E-state index contributed by atoms with van der Waals surface area (Å²) in [7, 11) is 1.58. The van der Waals surface area contributed by atoms with Crippen LogP contribution in [0.15, 0.2) is 0 Å². The average Bonchev–Trinajstić information content (AvgIpc) is 3.27. The van der Waals surface area contributed by atoms with Crippen LogP contribution in [0.4, 0.5) is 0 Å². The second kappa shape index (κ2) is 6.89. The molecule has 7 nitrogen and oxygen atoms in total. The van der Waals surface area contributed by atoms with Gasteiger partial charge in [-0.05, 0) is 6.42 Å². The molecule has 7 heteroatoms. The molecular formula is C14H23N3O4. The lowest BCUT2D eigenvalue weighted by Crippen LogP contribution is -2.50. The van der Waals surface area contributed by atoms with Gasteiger partial charge in [0.25, 0.3) is 0 Å². The number of piperazine rings is 1. The number of amides is 3. The highest BCUT2D eigenvalue weighted by Crippen LogP contribution is 2.40. The normalized spacial score (nSPS) is 24.7. The van der Waals surface area contributed by atoms with Gasteiger partial charge in [-0.2, -0.15) is 0 Å². The van der Waals surface area contributed by atoms with Crippen molar-refractivity contribution in [3.8, 4) is 0 Å². The van der Waals surface area contributed by atoms with Crippen LogP contribution in [0.5, 0.6) is 0 Å². The summed E-state index contributed by atoms with van der Waals surface area (Å²) < 4.78 is 4.87. The number of ether oxygens (including phenoxy) is 1. The van der Waals surface area contributed by atoms with E-state index < -0.39 is 0 Å². The standard InChI is InChI=1S/C14H23N3O4/c1-10(18)16-4-6-17(7-5-16)14(20)12-9-11(12)13(19)15-3-8-21-2/h11-12H,3-9H2,1-2H3,(H,15,19). The van der Waals surface area contributed by atoms with Crippen LogP contribution in [0.3, 0.4) is 0 Å². The Morgan fingerprint density at radius 1 is 1.10 bits per heavy atom. The van der Waals surface area contributed by atoms with Crippen molar-refractivity contribution >= 4 is 17.7 Å². The minimum absolute atomic E-state index is 0.0453. The second-order valence-corrected chi connectivity index (χ2v) is 5.56. The maximum Gasteiger partial charge on any atom is 0.226 e. The number of carbonyl (C=O) groups is 3. The lowest BCUT2D eigenvalue weighted by atomic mass is 10.2. The molecule has 2 rings (SSSR count). The van der Waals surface area contributed by atoms with Crippen molar-refractivity contribution in [1.29, 1.82) is 0 Å². The molecule has 1 saturated carbocycles. The molecule has 1 aliphatic heterocycles. The molecule has 1 aliphatic carbocycles. The van der Waals surface area contributed by atoms with E-state index in [1.54, 1.807) is 23.8 Å². The number of hydrogen-bond donors (Lipinski definition) is 1. The summed E-state index contributed by atoms with van der Waals surface area (Å²) in [5.74, 6) is -0.349. The molecule has 2 fully saturated rings. The van der Waals surface area contributed by atoms with Gasteiger partial charge in [0.2, 0.25) is 17.7 Å². The first kappa shape index (κ1) is 15.8. The first-order chi connectivity index (χ1) is 10.0. The minimum atomic E-state index is -0.194. The predicted molar refractivity (Wildman–Crippen MR) is 75.3 cm³/mol. The van der Waals surface area contributed by atoms with E-state index >= 15 is 0 Å². The molecule has 0 aromatic rings. The first-order valence-corrected chi connectivity index (χ1v) is 7.35. The van der Waals surface area contributed by atoms with Gasteiger partial charge >= 0.3 is 0 Å². The molecule has 1 heterocycles. The number of methoxy groups -OCH3 is 1. The zero-order valence-electron chi connectivity index (χ0n) is 12.6. The third-order valence-corrected chi connectivity index (χ3v) is 4.09. The first-order valence-electron chi connectivity index (χ1n) is 7.35. The van der Waals surface area contributed by atoms with Crippen LogP contribution in [0.2, 0.25) is 0 Å². The predicted octanol–water partition coefficient (Wildman–Crippen LogP) is -0.924. The van der Waals surface area contributed by atoms with Crippen LogP contribution < -0.4 is 5.32 Å². The van der Waals surface area contributed by atoms with E-state index in [4.69, 9.17) is 4.74 Å². The van der Waals surface area contributed by atoms with Crippen LogP contribution in [-0.2, 0) is 19.1 Å². The molecule has 2 atom stereocenters. The summed E-state index contributed by atoms with van der Waals surface area (Å²) in [5.41, 5.74) is 0. The van der Waals surface area contributed by atoms with E-state index in [9.17, 15) is 14.4 Å². The van der Waals surface area contributed by atoms with E-state index in [-0.39, 0.29) is 29.6 Å². The quantitative estimate of drug-likeness (QED) is 0.665. The Morgan fingerprint density at radius 3 is 2.29 bits per heavy atom. The van der Waals surface area contributed by atoms with Crippen molar-refractivity contribution in [3.63, 3.8) is 0 Å². The minimum Gasteiger partial charge on any atom is -0.383 e. The summed E-state index contributed by atoms with van der Waals surface area (Å²) >= 11 is 0. The summed E-state index contributed by atoms with van der Waals surface area (Å²) in [6.07, 6.45) is 0.630. The summed E-state index contributed by atoms with van der Waals surface area (Å²) in [6.45, 7) is 4.78. The lowest BCUT2D eigenvalue weighted by Gasteiger charge is -2.34. The molecule has 0 bridgehead atoms.